The van der Waals surface area contributed by atoms with Crippen molar-refractivity contribution in [3.05, 3.63) is 29.3 Å². The Hall–Kier alpha value is -1.71. The summed E-state index contributed by atoms with van der Waals surface area (Å²) in [5.74, 6) is 0. The van der Waals surface area contributed by atoms with Gasteiger partial charge in [0.2, 0.25) is 0 Å². The van der Waals surface area contributed by atoms with Crippen LogP contribution in [0.4, 0.5) is 10.5 Å². The zero-order valence-electron chi connectivity index (χ0n) is 10.2. The normalized spacial score (nSPS) is 15.0. The van der Waals surface area contributed by atoms with Crippen LogP contribution in [0.25, 0.3) is 0 Å². The predicted molar refractivity (Wildman–Crippen MR) is 68.6 cm³/mol. The Bertz CT molecular complexity index is 411. The van der Waals surface area contributed by atoms with E-state index >= 15 is 0 Å². The van der Waals surface area contributed by atoms with E-state index in [1.165, 1.54) is 0 Å². The molecule has 1 aromatic carbocycles. The largest absolute Gasteiger partial charge is 0.399 e. The van der Waals surface area contributed by atoms with Crippen molar-refractivity contribution >= 4 is 11.7 Å². The van der Waals surface area contributed by atoms with Gasteiger partial charge in [0, 0.05) is 25.3 Å². The van der Waals surface area contributed by atoms with Crippen LogP contribution < -0.4 is 11.1 Å². The van der Waals surface area contributed by atoms with E-state index in [1.807, 2.05) is 30.0 Å². The van der Waals surface area contributed by atoms with E-state index in [1.54, 1.807) is 0 Å². The van der Waals surface area contributed by atoms with Gasteiger partial charge in [-0.1, -0.05) is 12.1 Å². The SMILES string of the molecule is Cc1c(N)cccc1CNC(=O)N1CCCC1. The van der Waals surface area contributed by atoms with Crippen LogP contribution in [0.2, 0.25) is 0 Å². The van der Waals surface area contributed by atoms with Crippen LogP contribution in [0.15, 0.2) is 18.2 Å². The maximum Gasteiger partial charge on any atom is 0.317 e. The number of nitrogens with one attached hydrogen (secondary N) is 1. The van der Waals surface area contributed by atoms with Crippen LogP contribution in [-0.2, 0) is 6.54 Å². The summed E-state index contributed by atoms with van der Waals surface area (Å²) in [5, 5.41) is 2.94. The molecule has 1 aromatic rings. The number of hydrogen-bond donors (Lipinski definition) is 2. The molecule has 0 bridgehead atoms. The number of carbonyl (C=O) groups excluding carboxylic acids is 1. The minimum atomic E-state index is 0.0318. The fourth-order valence-corrected chi connectivity index (χ4v) is 2.10. The second-order valence-corrected chi connectivity index (χ2v) is 4.48. The number of hydrogen-bond acceptors (Lipinski definition) is 2. The molecule has 4 nitrogen and oxygen atoms in total. The van der Waals surface area contributed by atoms with Gasteiger partial charge in [-0.3, -0.25) is 0 Å². The lowest BCUT2D eigenvalue weighted by atomic mass is 10.1. The van der Waals surface area contributed by atoms with Crippen LogP contribution in [0.1, 0.15) is 24.0 Å². The van der Waals surface area contributed by atoms with Crippen molar-refractivity contribution in [1.29, 1.82) is 0 Å². The number of anilines is 1. The quantitative estimate of drug-likeness (QED) is 0.766. The van der Waals surface area contributed by atoms with Gasteiger partial charge in [-0.15, -0.1) is 0 Å². The van der Waals surface area contributed by atoms with Crippen molar-refractivity contribution in [3.8, 4) is 0 Å². The third-order valence-electron chi connectivity index (χ3n) is 3.31. The molecule has 0 aliphatic carbocycles. The van der Waals surface area contributed by atoms with Gasteiger partial charge in [0.25, 0.3) is 0 Å². The Balaban J connectivity index is 1.93. The van der Waals surface area contributed by atoms with Gasteiger partial charge in [-0.05, 0) is 37.0 Å². The van der Waals surface area contributed by atoms with Crippen LogP contribution in [0, 0.1) is 6.92 Å². The Morgan fingerprint density at radius 2 is 2.12 bits per heavy atom. The zero-order chi connectivity index (χ0) is 12.3. The van der Waals surface area contributed by atoms with E-state index in [0.717, 1.165) is 42.7 Å². The molecule has 1 fully saturated rings. The molecule has 4 heteroatoms. The molecule has 1 saturated heterocycles. The number of nitrogens with zero attached hydrogens (tertiary/aromatic N) is 1. The number of rotatable bonds is 2. The number of amides is 2. The first-order valence-corrected chi connectivity index (χ1v) is 6.05. The molecule has 0 saturated carbocycles. The number of urea groups is 1. The van der Waals surface area contributed by atoms with Gasteiger partial charge >= 0.3 is 6.03 Å². The summed E-state index contributed by atoms with van der Waals surface area (Å²) in [7, 11) is 0. The number of nitrogens with two attached hydrogens (primary N) is 1. The minimum absolute atomic E-state index is 0.0318. The summed E-state index contributed by atoms with van der Waals surface area (Å²) in [5.41, 5.74) is 8.73. The third-order valence-corrected chi connectivity index (χ3v) is 3.31. The van der Waals surface area contributed by atoms with Crippen LogP contribution in [0.5, 0.6) is 0 Å². The van der Waals surface area contributed by atoms with Gasteiger partial charge in [-0.25, -0.2) is 4.79 Å². The summed E-state index contributed by atoms with van der Waals surface area (Å²) >= 11 is 0. The van der Waals surface area contributed by atoms with Crippen molar-refractivity contribution in [3.63, 3.8) is 0 Å². The Morgan fingerprint density at radius 3 is 2.82 bits per heavy atom. The summed E-state index contributed by atoms with van der Waals surface area (Å²) in [6.45, 7) is 4.28. The summed E-state index contributed by atoms with van der Waals surface area (Å²) < 4.78 is 0. The number of nitrogen functional groups attached to an aromatic ring is 1. The molecule has 0 spiro atoms. The monoisotopic (exact) mass is 233 g/mol. The average Bonchev–Trinajstić information content (AvgIpc) is 2.84. The highest BCUT2D eigenvalue weighted by Crippen LogP contribution is 2.15. The lowest BCUT2D eigenvalue weighted by molar-refractivity contribution is 0.208. The maximum absolute atomic E-state index is 11.8. The second-order valence-electron chi connectivity index (χ2n) is 4.48. The standard InChI is InChI=1S/C13H19N3O/c1-10-11(5-4-6-12(10)14)9-15-13(17)16-7-2-3-8-16/h4-6H,2-3,7-9,14H2,1H3,(H,15,17). The molecule has 1 aliphatic rings. The fourth-order valence-electron chi connectivity index (χ4n) is 2.10. The highest BCUT2D eigenvalue weighted by molar-refractivity contribution is 5.74. The summed E-state index contributed by atoms with van der Waals surface area (Å²) in [4.78, 5) is 13.7. The number of benzene rings is 1. The Labute approximate surface area is 102 Å². The molecule has 0 atom stereocenters. The lowest BCUT2D eigenvalue weighted by Crippen LogP contribution is -2.37. The minimum Gasteiger partial charge on any atom is -0.399 e. The highest BCUT2D eigenvalue weighted by atomic mass is 16.2. The van der Waals surface area contributed by atoms with E-state index < -0.39 is 0 Å². The second kappa shape index (κ2) is 5.08. The van der Waals surface area contributed by atoms with Gasteiger partial charge in [0.1, 0.15) is 0 Å². The first-order valence-electron chi connectivity index (χ1n) is 6.05. The summed E-state index contributed by atoms with van der Waals surface area (Å²) in [6.07, 6.45) is 2.23. The molecule has 92 valence electrons. The molecule has 2 rings (SSSR count). The van der Waals surface area contributed by atoms with Gasteiger partial charge in [0.15, 0.2) is 0 Å². The molecule has 0 unspecified atom stereocenters. The Kier molecular flexibility index (Phi) is 3.52. The Morgan fingerprint density at radius 1 is 1.41 bits per heavy atom. The molecule has 2 amide bonds. The van der Waals surface area contributed by atoms with Crippen LogP contribution in [0.3, 0.4) is 0 Å². The topological polar surface area (TPSA) is 58.4 Å². The zero-order valence-corrected chi connectivity index (χ0v) is 10.2. The number of likely N-dealkylation sites (tertiary alicyclic amines) is 1. The molecule has 17 heavy (non-hydrogen) atoms. The maximum atomic E-state index is 11.8. The first kappa shape index (κ1) is 11.8. The summed E-state index contributed by atoms with van der Waals surface area (Å²) in [6, 6.07) is 5.82. The van der Waals surface area contributed by atoms with Crippen molar-refractivity contribution in [2.75, 3.05) is 18.8 Å². The molecule has 1 aliphatic heterocycles. The highest BCUT2D eigenvalue weighted by Gasteiger charge is 2.17. The molecule has 1 heterocycles. The van der Waals surface area contributed by atoms with Gasteiger partial charge < -0.3 is 16.0 Å². The van der Waals surface area contributed by atoms with E-state index in [9.17, 15) is 4.79 Å². The fraction of sp³-hybridized carbons (Fsp3) is 0.462. The van der Waals surface area contributed by atoms with Gasteiger partial charge in [0.05, 0.1) is 0 Å². The van der Waals surface area contributed by atoms with Crippen molar-refractivity contribution in [1.82, 2.24) is 10.2 Å². The molecule has 3 N–H and O–H groups in total. The molecular formula is C13H19N3O. The number of carbonyl (C=O) groups is 1. The predicted octanol–water partition coefficient (Wildman–Crippen LogP) is 1.88. The lowest BCUT2D eigenvalue weighted by Gasteiger charge is -2.17. The van der Waals surface area contributed by atoms with Crippen molar-refractivity contribution < 1.29 is 4.79 Å². The van der Waals surface area contributed by atoms with E-state index in [-0.39, 0.29) is 6.03 Å². The average molecular weight is 233 g/mol. The first-order chi connectivity index (χ1) is 8.18. The smallest absolute Gasteiger partial charge is 0.317 e. The van der Waals surface area contributed by atoms with Crippen molar-refractivity contribution in [2.24, 2.45) is 0 Å². The van der Waals surface area contributed by atoms with Crippen LogP contribution >= 0.6 is 0 Å². The molecule has 0 radical (unpaired) electrons. The molecular weight excluding hydrogens is 214 g/mol. The van der Waals surface area contributed by atoms with Gasteiger partial charge in [-0.2, -0.15) is 0 Å². The van der Waals surface area contributed by atoms with E-state index in [4.69, 9.17) is 5.73 Å². The third kappa shape index (κ3) is 2.70. The van der Waals surface area contributed by atoms with E-state index in [0.29, 0.717) is 6.54 Å². The van der Waals surface area contributed by atoms with E-state index in [2.05, 4.69) is 5.32 Å². The molecule has 0 aromatic heterocycles. The van der Waals surface area contributed by atoms with Crippen molar-refractivity contribution in [2.45, 2.75) is 26.3 Å². The van der Waals surface area contributed by atoms with Crippen LogP contribution in [-0.4, -0.2) is 24.0 Å².